The molecule has 2 fully saturated rings. The number of amides is 1. The highest BCUT2D eigenvalue weighted by Crippen LogP contribution is 2.60. The van der Waals surface area contributed by atoms with Crippen LogP contribution in [0.3, 0.4) is 0 Å². The lowest BCUT2D eigenvalue weighted by molar-refractivity contribution is -0.133. The summed E-state index contributed by atoms with van der Waals surface area (Å²) >= 11 is 1.57. The number of aromatic nitrogens is 1. The van der Waals surface area contributed by atoms with E-state index >= 15 is 0 Å². The van der Waals surface area contributed by atoms with Gasteiger partial charge in [0.1, 0.15) is 0 Å². The summed E-state index contributed by atoms with van der Waals surface area (Å²) in [4.78, 5) is 21.4. The number of piperidine rings is 1. The van der Waals surface area contributed by atoms with E-state index in [0.29, 0.717) is 12.3 Å². The first-order chi connectivity index (χ1) is 14.5. The van der Waals surface area contributed by atoms with Gasteiger partial charge in [0.25, 0.3) is 0 Å². The van der Waals surface area contributed by atoms with Crippen LogP contribution >= 0.6 is 11.3 Å². The van der Waals surface area contributed by atoms with Gasteiger partial charge in [0, 0.05) is 24.9 Å². The first-order valence-corrected chi connectivity index (χ1v) is 11.3. The van der Waals surface area contributed by atoms with Crippen molar-refractivity contribution in [1.29, 1.82) is 0 Å². The number of carbonyl (C=O) groups excluding carboxylic acids is 1. The molecule has 1 aliphatic heterocycles. The van der Waals surface area contributed by atoms with Gasteiger partial charge in [-0.05, 0) is 55.5 Å². The smallest absolute Gasteiger partial charge is 0.226 e. The molecular weight excluding hydrogens is 398 g/mol. The molecular formula is C23H29N3O3S. The molecule has 0 bridgehead atoms. The molecule has 1 aromatic carbocycles. The van der Waals surface area contributed by atoms with E-state index in [-0.39, 0.29) is 23.0 Å². The lowest BCUT2D eigenvalue weighted by Crippen LogP contribution is -2.37. The number of nitrogens with zero attached hydrogens (tertiary/aromatic N) is 3. The number of carbonyl (C=O) groups is 1. The van der Waals surface area contributed by atoms with Crippen LogP contribution in [0.5, 0.6) is 11.5 Å². The number of hydrogen-bond donors (Lipinski definition) is 1. The largest absolute Gasteiger partial charge is 0.504 e. The van der Waals surface area contributed by atoms with Gasteiger partial charge in [-0.2, -0.15) is 0 Å². The molecule has 1 saturated carbocycles. The summed E-state index contributed by atoms with van der Waals surface area (Å²) in [6, 6.07) is 5.36. The minimum Gasteiger partial charge on any atom is -0.504 e. The van der Waals surface area contributed by atoms with E-state index in [4.69, 9.17) is 4.74 Å². The van der Waals surface area contributed by atoms with E-state index in [0.717, 1.165) is 50.2 Å². The maximum Gasteiger partial charge on any atom is 0.226 e. The Morgan fingerprint density at radius 1 is 1.43 bits per heavy atom. The number of phenols is 1. The van der Waals surface area contributed by atoms with Crippen LogP contribution in [-0.4, -0.2) is 59.6 Å². The molecule has 1 amide bonds. The summed E-state index contributed by atoms with van der Waals surface area (Å²) in [5, 5.41) is 11.7. The van der Waals surface area contributed by atoms with Crippen molar-refractivity contribution in [1.82, 2.24) is 14.8 Å². The van der Waals surface area contributed by atoms with E-state index in [9.17, 15) is 9.90 Å². The van der Waals surface area contributed by atoms with Crippen molar-refractivity contribution in [3.8, 4) is 11.5 Å². The van der Waals surface area contributed by atoms with E-state index in [1.165, 1.54) is 0 Å². The van der Waals surface area contributed by atoms with E-state index in [1.54, 1.807) is 24.5 Å². The third-order valence-corrected chi connectivity index (χ3v) is 7.11. The number of methoxy groups -OCH3 is 1. The van der Waals surface area contributed by atoms with Crippen LogP contribution in [0.4, 0.5) is 0 Å². The van der Waals surface area contributed by atoms with Crippen molar-refractivity contribution >= 4 is 23.3 Å². The number of hydrogen-bond acceptors (Lipinski definition) is 6. The highest BCUT2D eigenvalue weighted by molar-refractivity contribution is 7.07. The number of rotatable bonds is 7. The van der Waals surface area contributed by atoms with E-state index in [1.807, 2.05) is 35.0 Å². The summed E-state index contributed by atoms with van der Waals surface area (Å²) in [5.74, 6) is 1.10. The number of likely N-dealkylation sites (tertiary alicyclic amines) is 1. The lowest BCUT2D eigenvalue weighted by atomic mass is 9.90. The first-order valence-electron chi connectivity index (χ1n) is 10.4. The normalized spacial score (nSPS) is 20.5. The zero-order chi connectivity index (χ0) is 21.1. The summed E-state index contributed by atoms with van der Waals surface area (Å²) in [7, 11) is 3.45. The summed E-state index contributed by atoms with van der Waals surface area (Å²) < 4.78 is 5.16. The topological polar surface area (TPSA) is 65.9 Å². The predicted molar refractivity (Wildman–Crippen MR) is 118 cm³/mol. The van der Waals surface area contributed by atoms with Crippen molar-refractivity contribution in [2.24, 2.45) is 11.3 Å². The molecule has 1 aliphatic carbocycles. The molecule has 0 unspecified atom stereocenters. The Morgan fingerprint density at radius 2 is 2.23 bits per heavy atom. The van der Waals surface area contributed by atoms with Gasteiger partial charge in [-0.25, -0.2) is 4.98 Å². The minimum absolute atomic E-state index is 0.154. The minimum atomic E-state index is 0.154. The Hall–Kier alpha value is -2.38. The number of thiazole rings is 1. The molecule has 1 N–H and O–H groups in total. The van der Waals surface area contributed by atoms with Gasteiger partial charge in [-0.15, -0.1) is 11.3 Å². The molecule has 1 saturated heterocycles. The van der Waals surface area contributed by atoms with E-state index < -0.39 is 0 Å². The van der Waals surface area contributed by atoms with Crippen molar-refractivity contribution in [3.05, 3.63) is 46.4 Å². The van der Waals surface area contributed by atoms with Gasteiger partial charge >= 0.3 is 0 Å². The second-order valence-electron chi connectivity index (χ2n) is 8.43. The van der Waals surface area contributed by atoms with Crippen molar-refractivity contribution < 1.29 is 14.6 Å². The maximum atomic E-state index is 12.8. The van der Waals surface area contributed by atoms with Gasteiger partial charge in [-0.1, -0.05) is 18.2 Å². The first kappa shape index (κ1) is 20.9. The van der Waals surface area contributed by atoms with Crippen LogP contribution in [-0.2, 0) is 11.3 Å². The third kappa shape index (κ3) is 4.52. The fourth-order valence-corrected chi connectivity index (χ4v) is 5.02. The Morgan fingerprint density at radius 3 is 2.93 bits per heavy atom. The zero-order valence-electron chi connectivity index (χ0n) is 17.6. The average molecular weight is 428 g/mol. The fraction of sp³-hybridized carbons (Fsp3) is 0.478. The Balaban J connectivity index is 1.24. The molecule has 2 aromatic rings. The van der Waals surface area contributed by atoms with Crippen molar-refractivity contribution in [2.45, 2.75) is 25.8 Å². The molecule has 2 heterocycles. The number of benzene rings is 1. The van der Waals surface area contributed by atoms with Crippen molar-refractivity contribution in [3.63, 3.8) is 0 Å². The van der Waals surface area contributed by atoms with Crippen molar-refractivity contribution in [2.75, 3.05) is 33.8 Å². The molecule has 160 valence electrons. The lowest BCUT2D eigenvalue weighted by Gasteiger charge is -2.32. The van der Waals surface area contributed by atoms with Crippen LogP contribution in [0.25, 0.3) is 6.08 Å². The van der Waals surface area contributed by atoms with Crippen LogP contribution in [0, 0.1) is 11.3 Å². The highest BCUT2D eigenvalue weighted by atomic mass is 32.1. The second-order valence-corrected chi connectivity index (χ2v) is 9.15. The highest BCUT2D eigenvalue weighted by Gasteiger charge is 2.58. The molecule has 1 spiro atoms. The number of phenolic OH excluding ortho intramolecular Hbond substituents is 1. The molecule has 1 atom stereocenters. The Bertz CT molecular complexity index is 904. The molecule has 1 aromatic heterocycles. The maximum absolute atomic E-state index is 12.8. The quantitative estimate of drug-likeness (QED) is 0.731. The fourth-order valence-electron chi connectivity index (χ4n) is 4.47. The van der Waals surface area contributed by atoms with Gasteiger partial charge in [0.05, 0.1) is 24.9 Å². The molecule has 30 heavy (non-hydrogen) atoms. The standard InChI is InChI=1S/C23H29N3O3S/c1-25(14-18-15-30-16-24-18)22(28)19-13-23(19)7-10-26(11-8-23)9-3-4-17-5-6-20(27)21(12-17)29-2/h3-6,12,15-16,19,27H,7-11,13-14H2,1-2H3/b4-3+/t19-/m1/s1. The number of aromatic hydroxyl groups is 1. The Labute approximate surface area is 181 Å². The van der Waals surface area contributed by atoms with E-state index in [2.05, 4.69) is 22.0 Å². The monoisotopic (exact) mass is 427 g/mol. The van der Waals surface area contributed by atoms with Gasteiger partial charge < -0.3 is 14.7 Å². The molecule has 4 rings (SSSR count). The summed E-state index contributed by atoms with van der Waals surface area (Å²) in [6.07, 6.45) is 7.43. The Kier molecular flexibility index (Phi) is 6.11. The van der Waals surface area contributed by atoms with Gasteiger partial charge in [0.2, 0.25) is 5.91 Å². The summed E-state index contributed by atoms with van der Waals surface area (Å²) in [5.41, 5.74) is 4.01. The predicted octanol–water partition coefficient (Wildman–Crippen LogP) is 3.63. The third-order valence-electron chi connectivity index (χ3n) is 6.48. The SMILES string of the molecule is COc1cc(/C=C/CN2CCC3(CC2)C[C@@H]3C(=O)N(C)Cc2cscn2)ccc1O. The summed E-state index contributed by atoms with van der Waals surface area (Å²) in [6.45, 7) is 3.56. The molecule has 2 aliphatic rings. The van der Waals surface area contributed by atoms with Crippen LogP contribution < -0.4 is 4.74 Å². The molecule has 0 radical (unpaired) electrons. The zero-order valence-corrected chi connectivity index (χ0v) is 18.4. The average Bonchev–Trinajstić information content (AvgIpc) is 3.19. The van der Waals surface area contributed by atoms with Gasteiger partial charge in [0.15, 0.2) is 11.5 Å². The molecule has 7 heteroatoms. The number of ether oxygens (including phenoxy) is 1. The van der Waals surface area contributed by atoms with Gasteiger partial charge in [-0.3, -0.25) is 9.69 Å². The van der Waals surface area contributed by atoms with Crippen LogP contribution in [0.15, 0.2) is 35.2 Å². The van der Waals surface area contributed by atoms with Crippen LogP contribution in [0.1, 0.15) is 30.5 Å². The van der Waals surface area contributed by atoms with Crippen LogP contribution in [0.2, 0.25) is 0 Å². The second kappa shape index (κ2) is 8.78. The molecule has 6 nitrogen and oxygen atoms in total.